The first-order valence-corrected chi connectivity index (χ1v) is 9.05. The molecule has 130 valence electrons. The summed E-state index contributed by atoms with van der Waals surface area (Å²) in [5.74, 6) is 1.89. The van der Waals surface area contributed by atoms with Gasteiger partial charge in [0.1, 0.15) is 5.76 Å². The monoisotopic (exact) mass is 364 g/mol. The first kappa shape index (κ1) is 16.4. The summed E-state index contributed by atoms with van der Waals surface area (Å²) in [6.45, 7) is 3.71. The van der Waals surface area contributed by atoms with E-state index in [9.17, 15) is 0 Å². The van der Waals surface area contributed by atoms with Gasteiger partial charge in [0, 0.05) is 17.0 Å². The van der Waals surface area contributed by atoms with Crippen molar-refractivity contribution >= 4 is 23.5 Å². The van der Waals surface area contributed by atoms with E-state index in [1.54, 1.807) is 12.3 Å². The molecule has 0 aliphatic carbocycles. The molecular weight excluding hydrogens is 348 g/mol. The Kier molecular flexibility index (Phi) is 4.70. The standard InChI is InChI=1S/C19H16N4O2S/c1-2-12-26-19-21-18-17(22-23-19)14-7-3-4-8-15(14)20-16(25-18)10-9-13-6-5-11-24-13/h2-11,16,20H,1,12H2/t16-/m1/s1. The second-order valence-corrected chi connectivity index (χ2v) is 6.44. The highest BCUT2D eigenvalue weighted by molar-refractivity contribution is 7.99. The zero-order chi connectivity index (χ0) is 17.8. The van der Waals surface area contributed by atoms with Gasteiger partial charge in [0.15, 0.2) is 11.9 Å². The SMILES string of the molecule is C=CCSc1nnc2c(n1)O[C@H](C=Cc1ccco1)Nc1ccccc1-2. The van der Waals surface area contributed by atoms with Crippen LogP contribution in [0, 0.1) is 0 Å². The number of thioether (sulfide) groups is 1. The molecule has 0 spiro atoms. The smallest absolute Gasteiger partial charge is 0.247 e. The molecule has 0 radical (unpaired) electrons. The van der Waals surface area contributed by atoms with Crippen LogP contribution in [0.4, 0.5) is 5.69 Å². The largest absolute Gasteiger partial charge is 0.465 e. The van der Waals surface area contributed by atoms with Crippen LogP contribution in [0.25, 0.3) is 17.3 Å². The van der Waals surface area contributed by atoms with Crippen molar-refractivity contribution in [2.24, 2.45) is 0 Å². The number of nitrogens with zero attached hydrogens (tertiary/aromatic N) is 3. The van der Waals surface area contributed by atoms with Gasteiger partial charge in [0.25, 0.3) is 0 Å². The molecule has 1 aromatic carbocycles. The fourth-order valence-corrected chi connectivity index (χ4v) is 3.03. The predicted octanol–water partition coefficient (Wildman–Crippen LogP) is 4.25. The molecule has 0 amide bonds. The van der Waals surface area contributed by atoms with Gasteiger partial charge in [-0.05, 0) is 30.4 Å². The number of aromatic nitrogens is 3. The molecule has 1 atom stereocenters. The number of furan rings is 1. The van der Waals surface area contributed by atoms with Gasteiger partial charge in [-0.25, -0.2) is 0 Å². The quantitative estimate of drug-likeness (QED) is 0.536. The molecule has 1 N–H and O–H groups in total. The van der Waals surface area contributed by atoms with Gasteiger partial charge in [-0.3, -0.25) is 0 Å². The van der Waals surface area contributed by atoms with Crippen molar-refractivity contribution in [1.29, 1.82) is 0 Å². The van der Waals surface area contributed by atoms with Crippen molar-refractivity contribution in [1.82, 2.24) is 15.2 Å². The first-order valence-electron chi connectivity index (χ1n) is 8.06. The Morgan fingerprint density at radius 1 is 1.19 bits per heavy atom. The van der Waals surface area contributed by atoms with Crippen molar-refractivity contribution < 1.29 is 9.15 Å². The molecule has 7 heteroatoms. The molecule has 3 heterocycles. The minimum absolute atomic E-state index is 0.420. The Hall–Kier alpha value is -3.06. The van der Waals surface area contributed by atoms with Crippen molar-refractivity contribution in [3.8, 4) is 17.1 Å². The van der Waals surface area contributed by atoms with Crippen LogP contribution in [0.15, 0.2) is 71.0 Å². The molecule has 0 saturated carbocycles. The van der Waals surface area contributed by atoms with Gasteiger partial charge < -0.3 is 14.5 Å². The summed E-state index contributed by atoms with van der Waals surface area (Å²) in [5, 5.41) is 12.4. The van der Waals surface area contributed by atoms with Crippen LogP contribution in [0.3, 0.4) is 0 Å². The number of ether oxygens (including phenoxy) is 1. The third-order valence-electron chi connectivity index (χ3n) is 3.66. The van der Waals surface area contributed by atoms with E-state index in [0.717, 1.165) is 17.0 Å². The van der Waals surface area contributed by atoms with Gasteiger partial charge in [-0.15, -0.1) is 16.8 Å². The average molecular weight is 364 g/mol. The van der Waals surface area contributed by atoms with E-state index < -0.39 is 6.23 Å². The molecule has 0 saturated heterocycles. The van der Waals surface area contributed by atoms with E-state index >= 15 is 0 Å². The van der Waals surface area contributed by atoms with Gasteiger partial charge in [-0.2, -0.15) is 4.98 Å². The van der Waals surface area contributed by atoms with Crippen molar-refractivity contribution in [2.75, 3.05) is 11.1 Å². The van der Waals surface area contributed by atoms with Crippen LogP contribution in [0.2, 0.25) is 0 Å². The number of hydrogen-bond donors (Lipinski definition) is 1. The van der Waals surface area contributed by atoms with E-state index in [1.165, 1.54) is 11.8 Å². The highest BCUT2D eigenvalue weighted by atomic mass is 32.2. The lowest BCUT2D eigenvalue weighted by Gasteiger charge is -2.15. The number of rotatable bonds is 5. The van der Waals surface area contributed by atoms with Crippen LogP contribution in [-0.4, -0.2) is 27.2 Å². The third-order valence-corrected chi connectivity index (χ3v) is 4.50. The Balaban J connectivity index is 1.71. The summed E-state index contributed by atoms with van der Waals surface area (Å²) < 4.78 is 11.4. The number of para-hydroxylation sites is 1. The lowest BCUT2D eigenvalue weighted by Crippen LogP contribution is -2.23. The molecule has 3 aromatic rings. The zero-order valence-electron chi connectivity index (χ0n) is 13.8. The Morgan fingerprint density at radius 3 is 2.96 bits per heavy atom. The number of nitrogens with one attached hydrogen (secondary N) is 1. The van der Waals surface area contributed by atoms with Crippen LogP contribution < -0.4 is 10.1 Å². The lowest BCUT2D eigenvalue weighted by atomic mass is 10.1. The molecule has 2 aromatic heterocycles. The molecular formula is C19H16N4O2S. The molecule has 0 unspecified atom stereocenters. The Bertz CT molecular complexity index is 940. The third kappa shape index (κ3) is 3.48. The van der Waals surface area contributed by atoms with Gasteiger partial charge in [0.05, 0.1) is 6.26 Å². The summed E-state index contributed by atoms with van der Waals surface area (Å²) >= 11 is 1.46. The molecule has 6 nitrogen and oxygen atoms in total. The summed E-state index contributed by atoms with van der Waals surface area (Å²) in [6, 6.07) is 11.6. The van der Waals surface area contributed by atoms with E-state index in [1.807, 2.05) is 48.6 Å². The van der Waals surface area contributed by atoms with E-state index in [4.69, 9.17) is 9.15 Å². The normalized spacial score (nSPS) is 15.5. The van der Waals surface area contributed by atoms with Crippen LogP contribution in [0.1, 0.15) is 5.76 Å². The Morgan fingerprint density at radius 2 is 2.12 bits per heavy atom. The van der Waals surface area contributed by atoms with Gasteiger partial charge in [-0.1, -0.05) is 36.0 Å². The second kappa shape index (κ2) is 7.45. The van der Waals surface area contributed by atoms with E-state index in [2.05, 4.69) is 27.1 Å². The fourth-order valence-electron chi connectivity index (χ4n) is 2.52. The van der Waals surface area contributed by atoms with Crippen molar-refractivity contribution in [3.63, 3.8) is 0 Å². The Labute approximate surface area is 155 Å². The highest BCUT2D eigenvalue weighted by Gasteiger charge is 2.23. The summed E-state index contributed by atoms with van der Waals surface area (Å²) in [7, 11) is 0. The van der Waals surface area contributed by atoms with E-state index in [-0.39, 0.29) is 0 Å². The van der Waals surface area contributed by atoms with Crippen molar-refractivity contribution in [3.05, 3.63) is 67.2 Å². The maximum atomic E-state index is 6.07. The first-order chi connectivity index (χ1) is 12.8. The lowest BCUT2D eigenvalue weighted by molar-refractivity contribution is 0.266. The van der Waals surface area contributed by atoms with Gasteiger partial charge >= 0.3 is 0 Å². The van der Waals surface area contributed by atoms with Gasteiger partial charge in [0.2, 0.25) is 11.0 Å². The maximum absolute atomic E-state index is 6.07. The topological polar surface area (TPSA) is 73.1 Å². The van der Waals surface area contributed by atoms with E-state index in [0.29, 0.717) is 22.5 Å². The minimum Gasteiger partial charge on any atom is -0.465 e. The number of anilines is 1. The number of fused-ring (bicyclic) bond motifs is 3. The van der Waals surface area contributed by atoms with Crippen LogP contribution >= 0.6 is 11.8 Å². The predicted molar refractivity (Wildman–Crippen MR) is 102 cm³/mol. The fraction of sp³-hybridized carbons (Fsp3) is 0.105. The summed E-state index contributed by atoms with van der Waals surface area (Å²) in [5.41, 5.74) is 2.42. The second-order valence-electron chi connectivity index (χ2n) is 5.45. The number of hydrogen-bond acceptors (Lipinski definition) is 7. The summed E-state index contributed by atoms with van der Waals surface area (Å²) in [4.78, 5) is 4.53. The molecule has 0 fully saturated rings. The van der Waals surface area contributed by atoms with Crippen molar-refractivity contribution in [2.45, 2.75) is 11.4 Å². The molecule has 1 aliphatic rings. The molecule has 4 rings (SSSR count). The molecule has 1 aliphatic heterocycles. The molecule has 0 bridgehead atoms. The summed E-state index contributed by atoms with van der Waals surface area (Å²) in [6.07, 6.45) is 6.74. The van der Waals surface area contributed by atoms with Crippen LogP contribution in [0.5, 0.6) is 5.88 Å². The maximum Gasteiger partial charge on any atom is 0.247 e. The zero-order valence-corrected chi connectivity index (χ0v) is 14.6. The average Bonchev–Trinajstić information content (AvgIpc) is 3.13. The highest BCUT2D eigenvalue weighted by Crippen LogP contribution is 2.36. The number of benzene rings is 1. The van der Waals surface area contributed by atoms with Crippen LogP contribution in [-0.2, 0) is 0 Å². The molecule has 26 heavy (non-hydrogen) atoms. The minimum atomic E-state index is -0.420.